The average molecular weight is 334 g/mol. The number of guanidine groups is 1. The van der Waals surface area contributed by atoms with Crippen molar-refractivity contribution in [3.63, 3.8) is 0 Å². The number of hydrogen-bond donors (Lipinski definition) is 2. The van der Waals surface area contributed by atoms with Gasteiger partial charge in [0.1, 0.15) is 11.6 Å². The van der Waals surface area contributed by atoms with Gasteiger partial charge >= 0.3 is 0 Å². The summed E-state index contributed by atoms with van der Waals surface area (Å²) in [6.45, 7) is 3.11. The standard InChI is InChI=1S/C17H20F2N4O/c1-3-20-17(22-10-12-6-7-21-16(8-12)24-2)23-11-13-9-14(18)4-5-15(13)19/h4-9H,3,10-11H2,1-2H3,(H2,20,22,23). The van der Waals surface area contributed by atoms with Crippen molar-refractivity contribution in [1.29, 1.82) is 0 Å². The fraction of sp³-hybridized carbons (Fsp3) is 0.294. The molecular formula is C17H20F2N4O. The molecule has 2 aromatic rings. The van der Waals surface area contributed by atoms with Crippen LogP contribution >= 0.6 is 0 Å². The second-order valence-electron chi connectivity index (χ2n) is 4.99. The molecule has 0 saturated carbocycles. The molecule has 1 heterocycles. The lowest BCUT2D eigenvalue weighted by molar-refractivity contribution is 0.397. The summed E-state index contributed by atoms with van der Waals surface area (Å²) in [5.74, 6) is 0.0945. The summed E-state index contributed by atoms with van der Waals surface area (Å²) in [6.07, 6.45) is 1.65. The van der Waals surface area contributed by atoms with E-state index in [9.17, 15) is 8.78 Å². The molecule has 128 valence electrons. The molecule has 0 saturated heterocycles. The summed E-state index contributed by atoms with van der Waals surface area (Å²) in [5, 5.41) is 6.05. The van der Waals surface area contributed by atoms with E-state index in [-0.39, 0.29) is 12.1 Å². The molecule has 5 nitrogen and oxygen atoms in total. The second kappa shape index (κ2) is 8.81. The van der Waals surface area contributed by atoms with Crippen LogP contribution in [-0.2, 0) is 13.1 Å². The molecular weight excluding hydrogens is 314 g/mol. The Balaban J connectivity index is 2.03. The summed E-state index contributed by atoms with van der Waals surface area (Å²) in [4.78, 5) is 8.46. The molecule has 7 heteroatoms. The molecule has 24 heavy (non-hydrogen) atoms. The van der Waals surface area contributed by atoms with E-state index in [4.69, 9.17) is 4.74 Å². The largest absolute Gasteiger partial charge is 0.481 e. The predicted octanol–water partition coefficient (Wildman–Crippen LogP) is 2.62. The van der Waals surface area contributed by atoms with Crippen LogP contribution in [0.15, 0.2) is 41.5 Å². The number of aromatic nitrogens is 1. The van der Waals surface area contributed by atoms with Gasteiger partial charge in [-0.1, -0.05) is 0 Å². The maximum absolute atomic E-state index is 13.7. The van der Waals surface area contributed by atoms with Crippen molar-refractivity contribution < 1.29 is 13.5 Å². The third-order valence-corrected chi connectivity index (χ3v) is 3.23. The van der Waals surface area contributed by atoms with E-state index in [1.807, 2.05) is 13.0 Å². The summed E-state index contributed by atoms with van der Waals surface area (Å²) >= 11 is 0. The second-order valence-corrected chi connectivity index (χ2v) is 4.99. The lowest BCUT2D eigenvalue weighted by atomic mass is 10.2. The van der Waals surface area contributed by atoms with Gasteiger partial charge in [-0.25, -0.2) is 18.8 Å². The minimum atomic E-state index is -0.473. The van der Waals surface area contributed by atoms with Crippen LogP contribution in [0.25, 0.3) is 0 Å². The minimum absolute atomic E-state index is 0.134. The summed E-state index contributed by atoms with van der Waals surface area (Å²) in [6, 6.07) is 7.00. The van der Waals surface area contributed by atoms with Crippen molar-refractivity contribution in [3.05, 3.63) is 59.3 Å². The van der Waals surface area contributed by atoms with Crippen LogP contribution in [-0.4, -0.2) is 24.6 Å². The molecule has 0 spiro atoms. The quantitative estimate of drug-likeness (QED) is 0.630. The fourth-order valence-electron chi connectivity index (χ4n) is 2.03. The predicted molar refractivity (Wildman–Crippen MR) is 88.8 cm³/mol. The SMILES string of the molecule is CCNC(=NCc1ccnc(OC)c1)NCc1cc(F)ccc1F. The number of aliphatic imine (C=N–C) groups is 1. The van der Waals surface area contributed by atoms with Crippen molar-refractivity contribution >= 4 is 5.96 Å². The zero-order chi connectivity index (χ0) is 17.4. The normalized spacial score (nSPS) is 11.2. The van der Waals surface area contributed by atoms with Gasteiger partial charge in [-0.3, -0.25) is 0 Å². The first-order valence-electron chi connectivity index (χ1n) is 7.57. The van der Waals surface area contributed by atoms with Crippen molar-refractivity contribution in [2.75, 3.05) is 13.7 Å². The molecule has 2 rings (SSSR count). The van der Waals surface area contributed by atoms with Gasteiger partial charge < -0.3 is 15.4 Å². The number of rotatable bonds is 6. The Kier molecular flexibility index (Phi) is 6.48. The van der Waals surface area contributed by atoms with Gasteiger partial charge in [0.15, 0.2) is 5.96 Å². The van der Waals surface area contributed by atoms with E-state index in [1.165, 1.54) is 6.07 Å². The van der Waals surface area contributed by atoms with Gasteiger partial charge in [-0.05, 0) is 36.8 Å². The maximum atomic E-state index is 13.7. The Hall–Kier alpha value is -2.70. The van der Waals surface area contributed by atoms with Crippen molar-refractivity contribution in [3.8, 4) is 5.88 Å². The van der Waals surface area contributed by atoms with E-state index in [0.29, 0.717) is 24.9 Å². The Labute approximate surface area is 139 Å². The number of halogens is 2. The maximum Gasteiger partial charge on any atom is 0.213 e. The Morgan fingerprint density at radius 1 is 1.21 bits per heavy atom. The van der Waals surface area contributed by atoms with Crippen LogP contribution in [0.4, 0.5) is 8.78 Å². The zero-order valence-electron chi connectivity index (χ0n) is 13.6. The Bertz CT molecular complexity index is 707. The van der Waals surface area contributed by atoms with Gasteiger partial charge in [-0.2, -0.15) is 0 Å². The van der Waals surface area contributed by atoms with Crippen molar-refractivity contribution in [2.24, 2.45) is 4.99 Å². The zero-order valence-corrected chi connectivity index (χ0v) is 13.6. The molecule has 0 fully saturated rings. The molecule has 1 aromatic carbocycles. The molecule has 2 N–H and O–H groups in total. The summed E-state index contributed by atoms with van der Waals surface area (Å²) < 4.78 is 31.9. The van der Waals surface area contributed by atoms with Crippen LogP contribution < -0.4 is 15.4 Å². The number of ether oxygens (including phenoxy) is 1. The Morgan fingerprint density at radius 3 is 2.79 bits per heavy atom. The first kappa shape index (κ1) is 17.7. The number of hydrogen-bond acceptors (Lipinski definition) is 3. The smallest absolute Gasteiger partial charge is 0.213 e. The highest BCUT2D eigenvalue weighted by Gasteiger charge is 2.05. The van der Waals surface area contributed by atoms with Crippen LogP contribution in [0, 0.1) is 11.6 Å². The van der Waals surface area contributed by atoms with E-state index < -0.39 is 11.6 Å². The first-order valence-corrected chi connectivity index (χ1v) is 7.57. The van der Waals surface area contributed by atoms with Crippen LogP contribution in [0.5, 0.6) is 5.88 Å². The van der Waals surface area contributed by atoms with E-state index in [1.54, 1.807) is 19.4 Å². The first-order chi connectivity index (χ1) is 11.6. The highest BCUT2D eigenvalue weighted by molar-refractivity contribution is 5.79. The minimum Gasteiger partial charge on any atom is -0.481 e. The van der Waals surface area contributed by atoms with Gasteiger partial charge in [0, 0.05) is 30.9 Å². The Morgan fingerprint density at radius 2 is 2.04 bits per heavy atom. The van der Waals surface area contributed by atoms with Gasteiger partial charge in [0.05, 0.1) is 13.7 Å². The number of nitrogens with zero attached hydrogens (tertiary/aromatic N) is 2. The third kappa shape index (κ3) is 5.19. The highest BCUT2D eigenvalue weighted by Crippen LogP contribution is 2.10. The molecule has 0 aliphatic rings. The van der Waals surface area contributed by atoms with E-state index in [2.05, 4.69) is 20.6 Å². The molecule has 1 aromatic heterocycles. The van der Waals surface area contributed by atoms with Crippen LogP contribution in [0.2, 0.25) is 0 Å². The molecule has 0 bridgehead atoms. The molecule has 0 aliphatic carbocycles. The molecule has 0 amide bonds. The third-order valence-electron chi connectivity index (χ3n) is 3.23. The molecule has 0 aliphatic heterocycles. The van der Waals surface area contributed by atoms with Gasteiger partial charge in [-0.15, -0.1) is 0 Å². The number of pyridine rings is 1. The van der Waals surface area contributed by atoms with Gasteiger partial charge in [0.2, 0.25) is 5.88 Å². The van der Waals surface area contributed by atoms with Crippen molar-refractivity contribution in [1.82, 2.24) is 15.6 Å². The topological polar surface area (TPSA) is 58.5 Å². The number of benzene rings is 1. The average Bonchev–Trinajstić information content (AvgIpc) is 2.60. The lowest BCUT2D eigenvalue weighted by Gasteiger charge is -2.12. The molecule has 0 radical (unpaired) electrons. The highest BCUT2D eigenvalue weighted by atomic mass is 19.1. The van der Waals surface area contributed by atoms with Crippen LogP contribution in [0.3, 0.4) is 0 Å². The fourth-order valence-corrected chi connectivity index (χ4v) is 2.03. The summed E-state index contributed by atoms with van der Waals surface area (Å²) in [7, 11) is 1.55. The van der Waals surface area contributed by atoms with Crippen LogP contribution in [0.1, 0.15) is 18.1 Å². The number of nitrogens with one attached hydrogen (secondary N) is 2. The van der Waals surface area contributed by atoms with Gasteiger partial charge in [0.25, 0.3) is 0 Å². The van der Waals surface area contributed by atoms with E-state index >= 15 is 0 Å². The monoisotopic (exact) mass is 334 g/mol. The van der Waals surface area contributed by atoms with E-state index in [0.717, 1.165) is 17.7 Å². The van der Waals surface area contributed by atoms with Crippen molar-refractivity contribution in [2.45, 2.75) is 20.0 Å². The number of methoxy groups -OCH3 is 1. The summed E-state index contributed by atoms with van der Waals surface area (Å²) in [5.41, 5.74) is 1.17. The molecule has 0 atom stereocenters. The lowest BCUT2D eigenvalue weighted by Crippen LogP contribution is -2.37. The molecule has 0 unspecified atom stereocenters.